The molecular weight excluding hydrogens is 197 g/mol. The van der Waals surface area contributed by atoms with Crippen molar-refractivity contribution < 1.29 is 14.3 Å². The number of likely N-dealkylation sites (N-methyl/N-ethyl adjacent to an activating group) is 1. The molecule has 0 radical (unpaired) electrons. The number of aliphatic hydroxyl groups is 1. The lowest BCUT2D eigenvalue weighted by Gasteiger charge is -2.26. The van der Waals surface area contributed by atoms with Gasteiger partial charge in [-0.1, -0.05) is 6.07 Å². The van der Waals surface area contributed by atoms with E-state index in [-0.39, 0.29) is 23.9 Å². The van der Waals surface area contributed by atoms with Crippen molar-refractivity contribution in [2.24, 2.45) is 0 Å². The number of carbonyl (C=O) groups excluding carboxylic acids is 1. The second-order valence-electron chi connectivity index (χ2n) is 3.44. The first-order valence-electron chi connectivity index (χ1n) is 4.69. The Balaban J connectivity index is 3.16. The van der Waals surface area contributed by atoms with Crippen LogP contribution in [0.5, 0.6) is 0 Å². The van der Waals surface area contributed by atoms with Crippen molar-refractivity contribution in [3.63, 3.8) is 0 Å². The van der Waals surface area contributed by atoms with Crippen LogP contribution in [0.4, 0.5) is 10.1 Å². The maximum Gasteiger partial charge on any atom is 0.152 e. The van der Waals surface area contributed by atoms with Gasteiger partial charge >= 0.3 is 0 Å². The molecule has 1 N–H and O–H groups in total. The number of hydrogen-bond donors (Lipinski definition) is 1. The lowest BCUT2D eigenvalue weighted by Crippen LogP contribution is -2.33. The van der Waals surface area contributed by atoms with Crippen LogP contribution in [-0.4, -0.2) is 31.1 Å². The van der Waals surface area contributed by atoms with Gasteiger partial charge in [-0.05, 0) is 19.1 Å². The smallest absolute Gasteiger partial charge is 0.152 e. The first-order chi connectivity index (χ1) is 7.11. The van der Waals surface area contributed by atoms with E-state index in [1.54, 1.807) is 24.9 Å². The standard InChI is InChI=1S/C11H14FNO2/c1-8(6-14)13(2)11-9(7-15)4-3-5-10(11)12/h3-5,7-8,14H,6H2,1-2H3. The van der Waals surface area contributed by atoms with Crippen LogP contribution >= 0.6 is 0 Å². The van der Waals surface area contributed by atoms with Gasteiger partial charge in [0.1, 0.15) is 5.82 Å². The normalized spacial score (nSPS) is 12.3. The van der Waals surface area contributed by atoms with E-state index in [9.17, 15) is 9.18 Å². The molecule has 0 aromatic heterocycles. The average molecular weight is 211 g/mol. The molecule has 15 heavy (non-hydrogen) atoms. The largest absolute Gasteiger partial charge is 0.394 e. The summed E-state index contributed by atoms with van der Waals surface area (Å²) in [4.78, 5) is 12.3. The molecule has 0 amide bonds. The zero-order chi connectivity index (χ0) is 11.4. The lowest BCUT2D eigenvalue weighted by atomic mass is 10.1. The first-order valence-corrected chi connectivity index (χ1v) is 4.69. The fraction of sp³-hybridized carbons (Fsp3) is 0.364. The highest BCUT2D eigenvalue weighted by molar-refractivity contribution is 5.84. The minimum atomic E-state index is -0.456. The van der Waals surface area contributed by atoms with Gasteiger partial charge in [-0.15, -0.1) is 0 Å². The zero-order valence-corrected chi connectivity index (χ0v) is 8.77. The van der Waals surface area contributed by atoms with Crippen molar-refractivity contribution in [2.45, 2.75) is 13.0 Å². The second-order valence-corrected chi connectivity index (χ2v) is 3.44. The molecule has 0 heterocycles. The van der Waals surface area contributed by atoms with Gasteiger partial charge in [-0.25, -0.2) is 4.39 Å². The van der Waals surface area contributed by atoms with Crippen LogP contribution in [0.15, 0.2) is 18.2 Å². The van der Waals surface area contributed by atoms with Crippen molar-refractivity contribution in [1.82, 2.24) is 0 Å². The minimum absolute atomic E-state index is 0.0941. The monoisotopic (exact) mass is 211 g/mol. The number of benzene rings is 1. The average Bonchev–Trinajstić information content (AvgIpc) is 2.26. The molecule has 0 aliphatic rings. The molecule has 1 rings (SSSR count). The summed E-state index contributed by atoms with van der Waals surface area (Å²) in [5, 5.41) is 8.97. The number of aliphatic hydroxyl groups excluding tert-OH is 1. The number of para-hydroxylation sites is 1. The Kier molecular flexibility index (Phi) is 3.80. The highest BCUT2D eigenvalue weighted by Gasteiger charge is 2.16. The summed E-state index contributed by atoms with van der Waals surface area (Å²) in [5.41, 5.74) is 0.520. The van der Waals surface area contributed by atoms with Crippen LogP contribution in [0, 0.1) is 5.82 Å². The number of aldehydes is 1. The van der Waals surface area contributed by atoms with Crippen LogP contribution in [0.1, 0.15) is 17.3 Å². The Bertz CT molecular complexity index is 354. The molecule has 0 fully saturated rings. The molecule has 0 aliphatic carbocycles. The number of anilines is 1. The molecule has 82 valence electrons. The Morgan fingerprint density at radius 2 is 2.27 bits per heavy atom. The molecule has 0 bridgehead atoms. The SMILES string of the molecule is CC(CO)N(C)c1c(F)cccc1C=O. The van der Waals surface area contributed by atoms with E-state index >= 15 is 0 Å². The molecule has 0 saturated carbocycles. The molecule has 0 aliphatic heterocycles. The summed E-state index contributed by atoms with van der Waals surface area (Å²) >= 11 is 0. The molecule has 4 heteroatoms. The van der Waals surface area contributed by atoms with Crippen molar-refractivity contribution in [3.05, 3.63) is 29.6 Å². The van der Waals surface area contributed by atoms with Crippen LogP contribution in [0.3, 0.4) is 0 Å². The van der Waals surface area contributed by atoms with Crippen molar-refractivity contribution >= 4 is 12.0 Å². The van der Waals surface area contributed by atoms with Crippen molar-refractivity contribution in [1.29, 1.82) is 0 Å². The fourth-order valence-corrected chi connectivity index (χ4v) is 1.34. The third-order valence-corrected chi connectivity index (χ3v) is 2.42. The topological polar surface area (TPSA) is 40.5 Å². The van der Waals surface area contributed by atoms with Crippen LogP contribution in [-0.2, 0) is 0 Å². The molecular formula is C11H14FNO2. The molecule has 0 spiro atoms. The summed E-state index contributed by atoms with van der Waals surface area (Å²) in [6.45, 7) is 1.66. The van der Waals surface area contributed by atoms with Crippen molar-refractivity contribution in [3.8, 4) is 0 Å². The van der Waals surface area contributed by atoms with Gasteiger partial charge in [0, 0.05) is 18.7 Å². The third-order valence-electron chi connectivity index (χ3n) is 2.42. The van der Waals surface area contributed by atoms with Gasteiger partial charge < -0.3 is 10.0 Å². The molecule has 0 saturated heterocycles. The Labute approximate surface area is 88.1 Å². The van der Waals surface area contributed by atoms with E-state index in [4.69, 9.17) is 5.11 Å². The summed E-state index contributed by atoms with van der Waals surface area (Å²) < 4.78 is 13.5. The highest BCUT2D eigenvalue weighted by Crippen LogP contribution is 2.23. The first kappa shape index (κ1) is 11.7. The second kappa shape index (κ2) is 4.89. The molecule has 1 atom stereocenters. The van der Waals surface area contributed by atoms with Gasteiger partial charge in [0.05, 0.1) is 12.3 Å². The third kappa shape index (κ3) is 2.33. The zero-order valence-electron chi connectivity index (χ0n) is 8.77. The fourth-order valence-electron chi connectivity index (χ4n) is 1.34. The van der Waals surface area contributed by atoms with Crippen LogP contribution in [0.25, 0.3) is 0 Å². The van der Waals surface area contributed by atoms with Gasteiger partial charge in [0.2, 0.25) is 0 Å². The maximum atomic E-state index is 13.5. The number of rotatable bonds is 4. The summed E-state index contributed by atoms with van der Waals surface area (Å²) in [6, 6.07) is 4.09. The summed E-state index contributed by atoms with van der Waals surface area (Å²) in [6.07, 6.45) is 0.610. The Morgan fingerprint density at radius 1 is 1.60 bits per heavy atom. The van der Waals surface area contributed by atoms with E-state index in [1.807, 2.05) is 0 Å². The quantitative estimate of drug-likeness (QED) is 0.766. The van der Waals surface area contributed by atoms with Gasteiger partial charge in [-0.3, -0.25) is 4.79 Å². The predicted molar refractivity (Wildman–Crippen MR) is 56.7 cm³/mol. The van der Waals surface area contributed by atoms with E-state index in [2.05, 4.69) is 0 Å². The van der Waals surface area contributed by atoms with Gasteiger partial charge in [0.25, 0.3) is 0 Å². The highest BCUT2D eigenvalue weighted by atomic mass is 19.1. The van der Waals surface area contributed by atoms with Crippen LogP contribution in [0.2, 0.25) is 0 Å². The summed E-state index contributed by atoms with van der Waals surface area (Å²) in [7, 11) is 1.65. The minimum Gasteiger partial charge on any atom is -0.394 e. The number of halogens is 1. The number of carbonyl (C=O) groups is 1. The molecule has 1 aromatic carbocycles. The molecule has 1 aromatic rings. The van der Waals surface area contributed by atoms with E-state index in [1.165, 1.54) is 12.1 Å². The van der Waals surface area contributed by atoms with Crippen LogP contribution < -0.4 is 4.90 Å². The van der Waals surface area contributed by atoms with Crippen molar-refractivity contribution in [2.75, 3.05) is 18.6 Å². The van der Waals surface area contributed by atoms with E-state index < -0.39 is 5.82 Å². The van der Waals surface area contributed by atoms with E-state index in [0.29, 0.717) is 6.29 Å². The molecule has 3 nitrogen and oxygen atoms in total. The summed E-state index contributed by atoms with van der Waals surface area (Å²) in [5.74, 6) is -0.456. The molecule has 1 unspecified atom stereocenters. The number of nitrogens with zero attached hydrogens (tertiary/aromatic N) is 1. The lowest BCUT2D eigenvalue weighted by molar-refractivity contribution is 0.112. The Hall–Kier alpha value is -1.42. The van der Waals surface area contributed by atoms with Gasteiger partial charge in [-0.2, -0.15) is 0 Å². The Morgan fingerprint density at radius 3 is 2.80 bits per heavy atom. The maximum absolute atomic E-state index is 13.5. The van der Waals surface area contributed by atoms with E-state index in [0.717, 1.165) is 0 Å². The predicted octanol–water partition coefficient (Wildman–Crippen LogP) is 1.46. The van der Waals surface area contributed by atoms with Gasteiger partial charge in [0.15, 0.2) is 6.29 Å². The number of hydrogen-bond acceptors (Lipinski definition) is 3.